The minimum atomic E-state index is 0.650. The lowest BCUT2D eigenvalue weighted by atomic mass is 9.94. The van der Waals surface area contributed by atoms with Gasteiger partial charge in [-0.15, -0.1) is 0 Å². The van der Waals surface area contributed by atoms with Gasteiger partial charge in [0.25, 0.3) is 0 Å². The van der Waals surface area contributed by atoms with E-state index < -0.39 is 0 Å². The van der Waals surface area contributed by atoms with Crippen LogP contribution in [0, 0.1) is 23.2 Å². The van der Waals surface area contributed by atoms with Crippen LogP contribution < -0.4 is 0 Å². The number of hydrogen-bond donors (Lipinski definition) is 0. The Morgan fingerprint density at radius 1 is 1.31 bits per heavy atom. The zero-order valence-corrected chi connectivity index (χ0v) is 10.2. The summed E-state index contributed by atoms with van der Waals surface area (Å²) < 4.78 is 5.17. The van der Waals surface area contributed by atoms with Crippen LogP contribution in [0.5, 0.6) is 0 Å². The van der Waals surface area contributed by atoms with Crippen LogP contribution >= 0.6 is 0 Å². The van der Waals surface area contributed by atoms with Gasteiger partial charge in [0, 0.05) is 32.7 Å². The van der Waals surface area contributed by atoms with Gasteiger partial charge in [0.1, 0.15) is 0 Å². The van der Waals surface area contributed by atoms with E-state index in [9.17, 15) is 0 Å². The van der Waals surface area contributed by atoms with Gasteiger partial charge in [-0.05, 0) is 31.1 Å². The van der Waals surface area contributed by atoms with E-state index in [0.29, 0.717) is 6.42 Å². The van der Waals surface area contributed by atoms with Crippen molar-refractivity contribution in [3.05, 3.63) is 0 Å². The SMILES string of the molecule is COCCN(CCC#N)[C@@H]1C[C@H]2CC[C@H]1C2. The van der Waals surface area contributed by atoms with E-state index in [-0.39, 0.29) is 0 Å². The molecule has 0 spiro atoms. The Morgan fingerprint density at radius 2 is 2.19 bits per heavy atom. The van der Waals surface area contributed by atoms with Crippen molar-refractivity contribution in [3.63, 3.8) is 0 Å². The van der Waals surface area contributed by atoms with Crippen LogP contribution in [0.15, 0.2) is 0 Å². The first-order chi connectivity index (χ1) is 7.85. The molecule has 0 aliphatic heterocycles. The smallest absolute Gasteiger partial charge is 0.0635 e. The maximum Gasteiger partial charge on any atom is 0.0635 e. The number of hydrogen-bond acceptors (Lipinski definition) is 3. The monoisotopic (exact) mass is 222 g/mol. The summed E-state index contributed by atoms with van der Waals surface area (Å²) in [5, 5.41) is 8.71. The van der Waals surface area contributed by atoms with Gasteiger partial charge in [0.05, 0.1) is 12.7 Å². The van der Waals surface area contributed by atoms with Gasteiger partial charge in [-0.3, -0.25) is 4.90 Å². The standard InChI is InChI=1S/C13H22N2O/c1-16-8-7-15(6-2-5-14)13-10-11-3-4-12(13)9-11/h11-13H,2-4,6-10H2,1H3/t11-,12-,13+/m0/s1. The lowest BCUT2D eigenvalue weighted by molar-refractivity contribution is 0.0962. The van der Waals surface area contributed by atoms with Crippen molar-refractivity contribution >= 4 is 0 Å². The zero-order chi connectivity index (χ0) is 11.4. The van der Waals surface area contributed by atoms with Crippen LogP contribution in [0.25, 0.3) is 0 Å². The summed E-state index contributed by atoms with van der Waals surface area (Å²) >= 11 is 0. The molecule has 0 unspecified atom stereocenters. The highest BCUT2D eigenvalue weighted by molar-refractivity contribution is 4.95. The Kier molecular flexibility index (Phi) is 4.20. The van der Waals surface area contributed by atoms with Gasteiger partial charge < -0.3 is 4.74 Å². The van der Waals surface area contributed by atoms with Gasteiger partial charge in [-0.25, -0.2) is 0 Å². The lowest BCUT2D eigenvalue weighted by Gasteiger charge is -2.34. The number of methoxy groups -OCH3 is 1. The molecule has 2 aliphatic carbocycles. The summed E-state index contributed by atoms with van der Waals surface area (Å²) in [7, 11) is 1.75. The third kappa shape index (κ3) is 2.56. The molecule has 0 radical (unpaired) electrons. The number of ether oxygens (including phenoxy) is 1. The first-order valence-electron chi connectivity index (χ1n) is 6.45. The zero-order valence-electron chi connectivity index (χ0n) is 10.2. The molecule has 0 aromatic rings. The number of rotatable bonds is 6. The molecular weight excluding hydrogens is 200 g/mol. The molecule has 0 amide bonds. The van der Waals surface area contributed by atoms with Crippen LogP contribution in [-0.4, -0.2) is 37.7 Å². The largest absolute Gasteiger partial charge is 0.383 e. The molecule has 0 aromatic carbocycles. The molecule has 3 atom stereocenters. The first-order valence-corrected chi connectivity index (χ1v) is 6.45. The predicted octanol–water partition coefficient (Wildman–Crippen LogP) is 2.04. The van der Waals surface area contributed by atoms with Gasteiger partial charge in [-0.1, -0.05) is 6.42 Å². The van der Waals surface area contributed by atoms with Crippen molar-refractivity contribution in [1.29, 1.82) is 5.26 Å². The molecular formula is C13H22N2O. The van der Waals surface area contributed by atoms with E-state index in [1.54, 1.807) is 7.11 Å². The Bertz CT molecular complexity index is 261. The summed E-state index contributed by atoms with van der Waals surface area (Å²) in [6.45, 7) is 2.71. The number of nitriles is 1. The molecule has 3 heteroatoms. The maximum absolute atomic E-state index is 8.71. The van der Waals surface area contributed by atoms with Crippen molar-refractivity contribution in [1.82, 2.24) is 4.90 Å². The van der Waals surface area contributed by atoms with Crippen LogP contribution in [0.1, 0.15) is 32.1 Å². The highest BCUT2D eigenvalue weighted by Gasteiger charge is 2.41. The minimum Gasteiger partial charge on any atom is -0.383 e. The Balaban J connectivity index is 1.87. The van der Waals surface area contributed by atoms with E-state index in [1.807, 2.05) is 0 Å². The van der Waals surface area contributed by atoms with Crippen molar-refractivity contribution in [2.45, 2.75) is 38.1 Å². The third-order valence-corrected chi connectivity index (χ3v) is 4.26. The molecule has 2 fully saturated rings. The lowest BCUT2D eigenvalue weighted by Crippen LogP contribution is -2.41. The maximum atomic E-state index is 8.71. The van der Waals surface area contributed by atoms with E-state index in [2.05, 4.69) is 11.0 Å². The van der Waals surface area contributed by atoms with Gasteiger partial charge >= 0.3 is 0 Å². The van der Waals surface area contributed by atoms with E-state index in [1.165, 1.54) is 25.7 Å². The summed E-state index contributed by atoms with van der Waals surface area (Å²) in [6, 6.07) is 3.00. The molecule has 2 bridgehead atoms. The molecule has 90 valence electrons. The van der Waals surface area contributed by atoms with Crippen molar-refractivity contribution < 1.29 is 4.74 Å². The number of nitrogens with zero attached hydrogens (tertiary/aromatic N) is 2. The Hall–Kier alpha value is -0.590. The van der Waals surface area contributed by atoms with Gasteiger partial charge in [-0.2, -0.15) is 5.26 Å². The second-order valence-electron chi connectivity index (χ2n) is 5.18. The fraction of sp³-hybridized carbons (Fsp3) is 0.923. The van der Waals surface area contributed by atoms with E-state index in [4.69, 9.17) is 10.00 Å². The summed E-state index contributed by atoms with van der Waals surface area (Å²) in [4.78, 5) is 2.50. The highest BCUT2D eigenvalue weighted by Crippen LogP contribution is 2.46. The predicted molar refractivity (Wildman–Crippen MR) is 62.9 cm³/mol. The van der Waals surface area contributed by atoms with Crippen molar-refractivity contribution in [3.8, 4) is 6.07 Å². The molecule has 0 heterocycles. The molecule has 3 nitrogen and oxygen atoms in total. The van der Waals surface area contributed by atoms with Crippen LogP contribution in [0.3, 0.4) is 0 Å². The third-order valence-electron chi connectivity index (χ3n) is 4.26. The Morgan fingerprint density at radius 3 is 2.75 bits per heavy atom. The van der Waals surface area contributed by atoms with Gasteiger partial charge in [0.2, 0.25) is 0 Å². The quantitative estimate of drug-likeness (QED) is 0.690. The summed E-state index contributed by atoms with van der Waals surface area (Å²) in [5.41, 5.74) is 0. The molecule has 16 heavy (non-hydrogen) atoms. The number of fused-ring (bicyclic) bond motifs is 2. The topological polar surface area (TPSA) is 36.3 Å². The van der Waals surface area contributed by atoms with E-state index in [0.717, 1.165) is 37.6 Å². The molecule has 2 aliphatic rings. The van der Waals surface area contributed by atoms with Gasteiger partial charge in [0.15, 0.2) is 0 Å². The van der Waals surface area contributed by atoms with Crippen molar-refractivity contribution in [2.24, 2.45) is 11.8 Å². The highest BCUT2D eigenvalue weighted by atomic mass is 16.5. The normalized spacial score (nSPS) is 32.2. The van der Waals surface area contributed by atoms with Crippen LogP contribution in [-0.2, 0) is 4.74 Å². The second-order valence-corrected chi connectivity index (χ2v) is 5.18. The summed E-state index contributed by atoms with van der Waals surface area (Å²) in [6.07, 6.45) is 6.29. The van der Waals surface area contributed by atoms with Crippen LogP contribution in [0.2, 0.25) is 0 Å². The Labute approximate surface area is 98.4 Å². The minimum absolute atomic E-state index is 0.650. The molecule has 2 rings (SSSR count). The molecule has 0 N–H and O–H groups in total. The fourth-order valence-electron chi connectivity index (χ4n) is 3.50. The van der Waals surface area contributed by atoms with E-state index >= 15 is 0 Å². The van der Waals surface area contributed by atoms with Crippen LogP contribution in [0.4, 0.5) is 0 Å². The fourth-order valence-corrected chi connectivity index (χ4v) is 3.50. The second kappa shape index (κ2) is 5.65. The molecule has 2 saturated carbocycles. The molecule has 0 aromatic heterocycles. The average molecular weight is 222 g/mol. The van der Waals surface area contributed by atoms with Crippen molar-refractivity contribution in [2.75, 3.05) is 26.8 Å². The summed E-state index contributed by atoms with van der Waals surface area (Å²) in [5.74, 6) is 1.88. The first kappa shape index (κ1) is 11.9. The average Bonchev–Trinajstić information content (AvgIpc) is 2.91. The molecule has 0 saturated heterocycles.